The van der Waals surface area contributed by atoms with Crippen molar-refractivity contribution >= 4 is 0 Å². The van der Waals surface area contributed by atoms with Crippen LogP contribution in [0.2, 0.25) is 0 Å². The third kappa shape index (κ3) is 6.55. The molecule has 2 atom stereocenters. The number of likely N-dealkylation sites (N-methyl/N-ethyl adjacent to an activating group) is 1. The van der Waals surface area contributed by atoms with Gasteiger partial charge >= 0.3 is 0 Å². The Kier molecular flexibility index (Phi) is 7.43. The Hall–Kier alpha value is -1.01. The Labute approximate surface area is 138 Å². The highest BCUT2D eigenvalue weighted by Gasteiger charge is 2.19. The summed E-state index contributed by atoms with van der Waals surface area (Å²) in [5.41, 5.74) is 0.526. The summed E-state index contributed by atoms with van der Waals surface area (Å²) in [6.07, 6.45) is 1.96. The highest BCUT2D eigenvalue weighted by Crippen LogP contribution is 2.16. The molecule has 1 N–H and O–H groups in total. The molecule has 2 rings (SSSR count). The van der Waals surface area contributed by atoms with Gasteiger partial charge in [0, 0.05) is 25.2 Å². The van der Waals surface area contributed by atoms with Crippen molar-refractivity contribution in [3.05, 3.63) is 35.6 Å². The normalized spacial score (nSPS) is 20.8. The minimum atomic E-state index is -0.548. The maximum absolute atomic E-state index is 13.5. The number of hydrogen-bond acceptors (Lipinski definition) is 4. The van der Waals surface area contributed by atoms with Crippen LogP contribution in [-0.2, 0) is 11.3 Å². The third-order valence-electron chi connectivity index (χ3n) is 4.34. The quantitative estimate of drug-likeness (QED) is 0.793. The van der Waals surface area contributed by atoms with Crippen LogP contribution >= 0.6 is 0 Å². The van der Waals surface area contributed by atoms with E-state index in [1.165, 1.54) is 25.5 Å². The number of halogens is 1. The topological polar surface area (TPSA) is 35.9 Å². The van der Waals surface area contributed by atoms with Crippen LogP contribution in [-0.4, -0.2) is 67.9 Å². The van der Waals surface area contributed by atoms with Gasteiger partial charge in [-0.15, -0.1) is 0 Å². The third-order valence-corrected chi connectivity index (χ3v) is 4.34. The first kappa shape index (κ1) is 18.3. The lowest BCUT2D eigenvalue weighted by Gasteiger charge is -2.33. The lowest BCUT2D eigenvalue weighted by molar-refractivity contribution is 0.00946. The molecule has 0 aromatic heterocycles. The average molecular weight is 324 g/mol. The van der Waals surface area contributed by atoms with E-state index >= 15 is 0 Å². The molecule has 1 aromatic carbocycles. The van der Waals surface area contributed by atoms with Crippen LogP contribution in [0.1, 0.15) is 18.4 Å². The molecule has 0 bridgehead atoms. The number of rotatable bonds is 8. The van der Waals surface area contributed by atoms with Gasteiger partial charge in [-0.1, -0.05) is 18.2 Å². The Balaban J connectivity index is 1.64. The minimum Gasteiger partial charge on any atom is -0.389 e. The van der Waals surface area contributed by atoms with Crippen LogP contribution in [0.5, 0.6) is 0 Å². The second-order valence-corrected chi connectivity index (χ2v) is 6.75. The summed E-state index contributed by atoms with van der Waals surface area (Å²) in [7, 11) is 4.20. The van der Waals surface area contributed by atoms with Crippen LogP contribution in [0.3, 0.4) is 0 Å². The summed E-state index contributed by atoms with van der Waals surface area (Å²) >= 11 is 0. The molecule has 0 amide bonds. The largest absolute Gasteiger partial charge is 0.389 e. The smallest absolute Gasteiger partial charge is 0.128 e. The first-order valence-corrected chi connectivity index (χ1v) is 8.41. The van der Waals surface area contributed by atoms with E-state index in [9.17, 15) is 9.50 Å². The van der Waals surface area contributed by atoms with Gasteiger partial charge in [0.25, 0.3) is 0 Å². The van der Waals surface area contributed by atoms with Gasteiger partial charge in [0.05, 0.1) is 19.3 Å². The van der Waals surface area contributed by atoms with E-state index in [0.717, 1.165) is 13.1 Å². The number of nitrogens with zero attached hydrogens (tertiary/aromatic N) is 2. The van der Waals surface area contributed by atoms with Gasteiger partial charge in [-0.3, -0.25) is 0 Å². The fourth-order valence-electron chi connectivity index (χ4n) is 3.27. The molecule has 1 aliphatic rings. The van der Waals surface area contributed by atoms with Crippen molar-refractivity contribution in [2.75, 3.05) is 46.9 Å². The molecule has 0 aliphatic carbocycles. The van der Waals surface area contributed by atoms with Crippen molar-refractivity contribution in [1.29, 1.82) is 0 Å². The molecule has 0 radical (unpaired) electrons. The highest BCUT2D eigenvalue weighted by atomic mass is 19.1. The van der Waals surface area contributed by atoms with Crippen molar-refractivity contribution in [2.45, 2.75) is 25.6 Å². The number of benzene rings is 1. The molecule has 23 heavy (non-hydrogen) atoms. The van der Waals surface area contributed by atoms with Crippen molar-refractivity contribution < 1.29 is 14.2 Å². The monoisotopic (exact) mass is 324 g/mol. The standard InChI is InChI=1S/C18H29FN2O2/c1-20-9-5-6-15(10-20)11-21(2)12-17(22)14-23-13-16-7-3-4-8-18(16)19/h3-4,7-8,15,17,22H,5-6,9-14H2,1-2H3. The molecule has 130 valence electrons. The molecule has 1 fully saturated rings. The fraction of sp³-hybridized carbons (Fsp3) is 0.667. The average Bonchev–Trinajstić information content (AvgIpc) is 2.49. The molecule has 1 aliphatic heterocycles. The summed E-state index contributed by atoms with van der Waals surface area (Å²) in [5.74, 6) is 0.408. The molecule has 4 nitrogen and oxygen atoms in total. The van der Waals surface area contributed by atoms with Gasteiger partial charge in [0.1, 0.15) is 5.82 Å². The van der Waals surface area contributed by atoms with E-state index in [-0.39, 0.29) is 19.0 Å². The van der Waals surface area contributed by atoms with Crippen LogP contribution in [0, 0.1) is 11.7 Å². The molecule has 2 unspecified atom stereocenters. The van der Waals surface area contributed by atoms with Crippen molar-refractivity contribution in [3.63, 3.8) is 0 Å². The summed E-state index contributed by atoms with van der Waals surface area (Å²) < 4.78 is 18.9. The maximum Gasteiger partial charge on any atom is 0.128 e. The Morgan fingerprint density at radius 2 is 2.22 bits per heavy atom. The molecule has 1 aromatic rings. The zero-order valence-corrected chi connectivity index (χ0v) is 14.2. The van der Waals surface area contributed by atoms with Gasteiger partial charge in [0.15, 0.2) is 0 Å². The van der Waals surface area contributed by atoms with E-state index in [1.54, 1.807) is 18.2 Å². The van der Waals surface area contributed by atoms with E-state index in [2.05, 4.69) is 16.8 Å². The maximum atomic E-state index is 13.5. The highest BCUT2D eigenvalue weighted by molar-refractivity contribution is 5.16. The Morgan fingerprint density at radius 3 is 2.96 bits per heavy atom. The van der Waals surface area contributed by atoms with Gasteiger partial charge < -0.3 is 19.6 Å². The molecule has 1 saturated heterocycles. The summed E-state index contributed by atoms with van der Waals surface area (Å²) in [6, 6.07) is 6.57. The Morgan fingerprint density at radius 1 is 1.43 bits per heavy atom. The molecule has 0 spiro atoms. The number of aliphatic hydroxyl groups excluding tert-OH is 1. The molecular formula is C18H29FN2O2. The molecular weight excluding hydrogens is 295 g/mol. The van der Waals surface area contributed by atoms with Crippen LogP contribution in [0.15, 0.2) is 24.3 Å². The van der Waals surface area contributed by atoms with Crippen LogP contribution in [0.25, 0.3) is 0 Å². The summed E-state index contributed by atoms with van der Waals surface area (Å²) in [4.78, 5) is 4.54. The van der Waals surface area contributed by atoms with Crippen LogP contribution < -0.4 is 0 Å². The summed E-state index contributed by atoms with van der Waals surface area (Å²) in [6.45, 7) is 4.31. The fourth-order valence-corrected chi connectivity index (χ4v) is 3.27. The van der Waals surface area contributed by atoms with Gasteiger partial charge in [-0.2, -0.15) is 0 Å². The molecule has 5 heteroatoms. The zero-order chi connectivity index (χ0) is 16.7. The van der Waals surface area contributed by atoms with Gasteiger partial charge in [-0.05, 0) is 45.5 Å². The first-order valence-electron chi connectivity index (χ1n) is 8.41. The molecule has 1 heterocycles. The van der Waals surface area contributed by atoms with E-state index in [1.807, 2.05) is 7.05 Å². The predicted molar refractivity (Wildman–Crippen MR) is 89.8 cm³/mol. The van der Waals surface area contributed by atoms with Crippen molar-refractivity contribution in [1.82, 2.24) is 9.80 Å². The number of hydrogen-bond donors (Lipinski definition) is 1. The first-order chi connectivity index (χ1) is 11.0. The van der Waals surface area contributed by atoms with E-state index in [4.69, 9.17) is 4.74 Å². The second kappa shape index (κ2) is 9.33. The predicted octanol–water partition coefficient (Wildman–Crippen LogP) is 1.98. The minimum absolute atomic E-state index is 0.195. The van der Waals surface area contributed by atoms with Crippen molar-refractivity contribution in [2.24, 2.45) is 5.92 Å². The van der Waals surface area contributed by atoms with E-state index < -0.39 is 6.10 Å². The Bertz CT molecular complexity index is 472. The van der Waals surface area contributed by atoms with E-state index in [0.29, 0.717) is 18.0 Å². The number of aliphatic hydroxyl groups is 1. The lowest BCUT2D eigenvalue weighted by atomic mass is 9.98. The van der Waals surface area contributed by atoms with Crippen molar-refractivity contribution in [3.8, 4) is 0 Å². The van der Waals surface area contributed by atoms with Gasteiger partial charge in [-0.25, -0.2) is 4.39 Å². The summed E-state index contributed by atoms with van der Waals surface area (Å²) in [5, 5.41) is 10.1. The SMILES string of the molecule is CN1CCCC(CN(C)CC(O)COCc2ccccc2F)C1. The number of likely N-dealkylation sites (tertiary alicyclic amines) is 1. The zero-order valence-electron chi connectivity index (χ0n) is 14.2. The second-order valence-electron chi connectivity index (χ2n) is 6.75. The number of ether oxygens (including phenoxy) is 1. The lowest BCUT2D eigenvalue weighted by Crippen LogP contribution is -2.40. The number of piperidine rings is 1. The van der Waals surface area contributed by atoms with Crippen LogP contribution in [0.4, 0.5) is 4.39 Å². The van der Waals surface area contributed by atoms with Gasteiger partial charge in [0.2, 0.25) is 0 Å². The molecule has 0 saturated carbocycles.